The van der Waals surface area contributed by atoms with Crippen molar-refractivity contribution >= 4 is 15.9 Å². The maximum absolute atomic E-state index is 3.50. The van der Waals surface area contributed by atoms with E-state index >= 15 is 0 Å². The standard InChI is InChI=1S/C15H20BrN/c1-12(13-4-6-14(16)7-5-13)17-10-15(11-17)8-2-3-9-15/h4-7,12H,2-3,8-11H2,1H3. The molecule has 0 radical (unpaired) electrons. The fourth-order valence-corrected chi connectivity index (χ4v) is 3.75. The van der Waals surface area contributed by atoms with Crippen LogP contribution in [0.2, 0.25) is 0 Å². The third kappa shape index (κ3) is 2.17. The summed E-state index contributed by atoms with van der Waals surface area (Å²) in [5, 5.41) is 0. The number of nitrogens with zero attached hydrogens (tertiary/aromatic N) is 1. The average Bonchev–Trinajstić information content (AvgIpc) is 2.76. The molecule has 1 aliphatic carbocycles. The summed E-state index contributed by atoms with van der Waals surface area (Å²) in [6, 6.07) is 9.37. The molecule has 0 N–H and O–H groups in total. The highest BCUT2D eigenvalue weighted by Crippen LogP contribution is 2.48. The molecule has 2 fully saturated rings. The van der Waals surface area contributed by atoms with Crippen LogP contribution in [-0.2, 0) is 0 Å². The molecule has 0 amide bonds. The second-order valence-corrected chi connectivity index (χ2v) is 6.76. The first-order chi connectivity index (χ1) is 8.19. The fourth-order valence-electron chi connectivity index (χ4n) is 3.48. The van der Waals surface area contributed by atoms with E-state index in [2.05, 4.69) is 52.0 Å². The Hall–Kier alpha value is -0.340. The molecule has 1 heterocycles. The zero-order valence-corrected chi connectivity index (χ0v) is 12.0. The number of benzene rings is 1. The molecule has 17 heavy (non-hydrogen) atoms. The molecule has 1 saturated carbocycles. The minimum absolute atomic E-state index is 0.578. The van der Waals surface area contributed by atoms with Crippen LogP contribution in [-0.4, -0.2) is 18.0 Å². The highest BCUT2D eigenvalue weighted by atomic mass is 79.9. The van der Waals surface area contributed by atoms with Crippen molar-refractivity contribution in [2.24, 2.45) is 5.41 Å². The molecule has 0 bridgehead atoms. The summed E-state index contributed by atoms with van der Waals surface area (Å²) in [5.74, 6) is 0. The predicted octanol–water partition coefficient (Wildman–Crippen LogP) is 4.39. The first-order valence-electron chi connectivity index (χ1n) is 6.68. The lowest BCUT2D eigenvalue weighted by atomic mass is 9.77. The van der Waals surface area contributed by atoms with Gasteiger partial charge in [0.2, 0.25) is 0 Å². The van der Waals surface area contributed by atoms with Crippen molar-refractivity contribution in [2.45, 2.75) is 38.6 Å². The number of rotatable bonds is 2. The van der Waals surface area contributed by atoms with Gasteiger partial charge in [0, 0.05) is 23.6 Å². The molecule has 2 heteroatoms. The molecule has 3 rings (SSSR count). The molecule has 1 aliphatic heterocycles. The zero-order chi connectivity index (χ0) is 11.9. The molecule has 1 aromatic carbocycles. The molecule has 2 aliphatic rings. The number of halogens is 1. The Balaban J connectivity index is 1.64. The molecule has 0 aromatic heterocycles. The molecule has 1 nitrogen and oxygen atoms in total. The van der Waals surface area contributed by atoms with Gasteiger partial charge >= 0.3 is 0 Å². The molecule has 1 aromatic rings. The predicted molar refractivity (Wildman–Crippen MR) is 75.0 cm³/mol. The fraction of sp³-hybridized carbons (Fsp3) is 0.600. The van der Waals surface area contributed by atoms with Crippen molar-refractivity contribution in [3.8, 4) is 0 Å². The van der Waals surface area contributed by atoms with E-state index in [0.29, 0.717) is 11.5 Å². The Labute approximate surface area is 112 Å². The van der Waals surface area contributed by atoms with Crippen molar-refractivity contribution in [2.75, 3.05) is 13.1 Å². The maximum Gasteiger partial charge on any atom is 0.0320 e. The van der Waals surface area contributed by atoms with Crippen LogP contribution in [0.3, 0.4) is 0 Å². The first-order valence-corrected chi connectivity index (χ1v) is 7.47. The van der Waals surface area contributed by atoms with Gasteiger partial charge in [-0.15, -0.1) is 0 Å². The Bertz CT molecular complexity index is 384. The van der Waals surface area contributed by atoms with Gasteiger partial charge in [0.25, 0.3) is 0 Å². The Morgan fingerprint density at radius 2 is 1.71 bits per heavy atom. The van der Waals surface area contributed by atoms with Crippen LogP contribution < -0.4 is 0 Å². The average molecular weight is 294 g/mol. The Kier molecular flexibility index (Phi) is 3.04. The number of likely N-dealkylation sites (tertiary alicyclic amines) is 1. The molecule has 1 spiro atoms. The summed E-state index contributed by atoms with van der Waals surface area (Å²) in [5.41, 5.74) is 2.16. The van der Waals surface area contributed by atoms with Gasteiger partial charge in [-0.3, -0.25) is 4.90 Å². The zero-order valence-electron chi connectivity index (χ0n) is 10.5. The second-order valence-electron chi connectivity index (χ2n) is 5.84. The third-order valence-corrected chi connectivity index (χ3v) is 5.17. The van der Waals surface area contributed by atoms with Crippen LogP contribution in [0.15, 0.2) is 28.7 Å². The van der Waals surface area contributed by atoms with Gasteiger partial charge in [0.05, 0.1) is 0 Å². The van der Waals surface area contributed by atoms with Crippen molar-refractivity contribution in [3.63, 3.8) is 0 Å². The van der Waals surface area contributed by atoms with E-state index in [-0.39, 0.29) is 0 Å². The third-order valence-electron chi connectivity index (χ3n) is 4.64. The Morgan fingerprint density at radius 1 is 1.12 bits per heavy atom. The van der Waals surface area contributed by atoms with E-state index in [1.165, 1.54) is 48.8 Å². The van der Waals surface area contributed by atoms with Crippen molar-refractivity contribution in [1.82, 2.24) is 4.90 Å². The van der Waals surface area contributed by atoms with Gasteiger partial charge in [-0.2, -0.15) is 0 Å². The molecular weight excluding hydrogens is 274 g/mol. The van der Waals surface area contributed by atoms with Gasteiger partial charge in [-0.25, -0.2) is 0 Å². The molecular formula is C15H20BrN. The molecule has 1 unspecified atom stereocenters. The van der Waals surface area contributed by atoms with Crippen LogP contribution in [0.4, 0.5) is 0 Å². The summed E-state index contributed by atoms with van der Waals surface area (Å²) in [6.07, 6.45) is 5.86. The Morgan fingerprint density at radius 3 is 2.29 bits per heavy atom. The van der Waals surface area contributed by atoms with E-state index in [0.717, 1.165) is 0 Å². The largest absolute Gasteiger partial charge is 0.295 e. The minimum atomic E-state index is 0.578. The lowest BCUT2D eigenvalue weighted by molar-refractivity contribution is -0.0227. The summed E-state index contributed by atoms with van der Waals surface area (Å²) < 4.78 is 1.17. The van der Waals surface area contributed by atoms with E-state index in [4.69, 9.17) is 0 Å². The molecule has 92 valence electrons. The highest BCUT2D eigenvalue weighted by molar-refractivity contribution is 9.10. The van der Waals surface area contributed by atoms with Gasteiger partial charge in [0.15, 0.2) is 0 Å². The minimum Gasteiger partial charge on any atom is -0.295 e. The van der Waals surface area contributed by atoms with Crippen LogP contribution in [0.1, 0.15) is 44.2 Å². The van der Waals surface area contributed by atoms with Crippen LogP contribution in [0, 0.1) is 5.41 Å². The summed E-state index contributed by atoms with van der Waals surface area (Å²) in [4.78, 5) is 2.63. The lowest BCUT2D eigenvalue weighted by Gasteiger charge is -2.51. The van der Waals surface area contributed by atoms with E-state index in [1.807, 2.05) is 0 Å². The molecule has 1 saturated heterocycles. The van der Waals surface area contributed by atoms with Crippen LogP contribution >= 0.6 is 15.9 Å². The quantitative estimate of drug-likeness (QED) is 0.782. The highest BCUT2D eigenvalue weighted by Gasteiger charge is 2.45. The second kappa shape index (κ2) is 4.40. The van der Waals surface area contributed by atoms with Crippen molar-refractivity contribution in [1.29, 1.82) is 0 Å². The summed E-state index contributed by atoms with van der Waals surface area (Å²) in [6.45, 7) is 4.99. The summed E-state index contributed by atoms with van der Waals surface area (Å²) in [7, 11) is 0. The maximum atomic E-state index is 3.50. The van der Waals surface area contributed by atoms with E-state index in [1.54, 1.807) is 0 Å². The van der Waals surface area contributed by atoms with Crippen LogP contribution in [0.25, 0.3) is 0 Å². The van der Waals surface area contributed by atoms with E-state index < -0.39 is 0 Å². The monoisotopic (exact) mass is 293 g/mol. The van der Waals surface area contributed by atoms with Crippen LogP contribution in [0.5, 0.6) is 0 Å². The SMILES string of the molecule is CC(c1ccc(Br)cc1)N1CC2(CCCC2)C1. The van der Waals surface area contributed by atoms with Gasteiger partial charge in [-0.05, 0) is 42.9 Å². The van der Waals surface area contributed by atoms with Gasteiger partial charge in [-0.1, -0.05) is 40.9 Å². The topological polar surface area (TPSA) is 3.24 Å². The van der Waals surface area contributed by atoms with E-state index in [9.17, 15) is 0 Å². The summed E-state index contributed by atoms with van der Waals surface area (Å²) >= 11 is 3.50. The first kappa shape index (κ1) is 11.7. The van der Waals surface area contributed by atoms with Gasteiger partial charge in [0.1, 0.15) is 0 Å². The van der Waals surface area contributed by atoms with Crippen molar-refractivity contribution in [3.05, 3.63) is 34.3 Å². The lowest BCUT2D eigenvalue weighted by Crippen LogP contribution is -2.55. The molecule has 1 atom stereocenters. The van der Waals surface area contributed by atoms with Crippen molar-refractivity contribution < 1.29 is 0 Å². The number of hydrogen-bond acceptors (Lipinski definition) is 1. The smallest absolute Gasteiger partial charge is 0.0320 e. The normalized spacial score (nSPS) is 24.8. The number of hydrogen-bond donors (Lipinski definition) is 0. The van der Waals surface area contributed by atoms with Gasteiger partial charge < -0.3 is 0 Å².